The molecule has 22 heavy (non-hydrogen) atoms. The third kappa shape index (κ3) is 3.12. The van der Waals surface area contributed by atoms with Crippen molar-refractivity contribution >= 4 is 0 Å². The second-order valence-corrected chi connectivity index (χ2v) is 5.21. The Labute approximate surface area is 129 Å². The van der Waals surface area contributed by atoms with Crippen LogP contribution in [0, 0.1) is 18.3 Å². The fraction of sp³-hybridized carbons (Fsp3) is 0.294. The molecule has 0 aliphatic heterocycles. The molecule has 0 saturated heterocycles. The number of rotatable bonds is 4. The maximum absolute atomic E-state index is 11.9. The minimum Gasteiger partial charge on any atom is -0.493 e. The predicted octanol–water partition coefficient (Wildman–Crippen LogP) is 3.02. The summed E-state index contributed by atoms with van der Waals surface area (Å²) in [5.74, 6) is 1.19. The number of ether oxygens (including phenoxy) is 2. The van der Waals surface area contributed by atoms with E-state index in [-0.39, 0.29) is 17.2 Å². The van der Waals surface area contributed by atoms with E-state index in [1.54, 1.807) is 38.3 Å². The lowest BCUT2D eigenvalue weighted by Crippen LogP contribution is -2.13. The number of hydrogen-bond acceptors (Lipinski definition) is 4. The molecule has 5 nitrogen and oxygen atoms in total. The van der Waals surface area contributed by atoms with Crippen molar-refractivity contribution in [2.24, 2.45) is 0 Å². The zero-order chi connectivity index (χ0) is 16.3. The van der Waals surface area contributed by atoms with Crippen LogP contribution in [0.4, 0.5) is 0 Å². The summed E-state index contributed by atoms with van der Waals surface area (Å²) in [6.45, 7) is 5.62. The molecule has 0 fully saturated rings. The highest BCUT2D eigenvalue weighted by Crippen LogP contribution is 2.34. The molecule has 0 atom stereocenters. The van der Waals surface area contributed by atoms with E-state index in [0.29, 0.717) is 22.8 Å². The third-order valence-electron chi connectivity index (χ3n) is 3.12. The largest absolute Gasteiger partial charge is 0.493 e. The number of aromatic amines is 1. The molecule has 0 radical (unpaired) electrons. The topological polar surface area (TPSA) is 75.1 Å². The molecule has 5 heteroatoms. The van der Waals surface area contributed by atoms with Crippen LogP contribution in [0.1, 0.15) is 25.1 Å². The van der Waals surface area contributed by atoms with Crippen LogP contribution < -0.4 is 15.0 Å². The summed E-state index contributed by atoms with van der Waals surface area (Å²) in [5.41, 5.74) is 1.72. The molecular formula is C17H18N2O3. The van der Waals surface area contributed by atoms with Gasteiger partial charge in [0, 0.05) is 11.3 Å². The van der Waals surface area contributed by atoms with Crippen LogP contribution in [0.25, 0.3) is 11.1 Å². The lowest BCUT2D eigenvalue weighted by Gasteiger charge is -2.15. The Bertz CT molecular complexity index is 785. The van der Waals surface area contributed by atoms with Crippen LogP contribution in [0.2, 0.25) is 0 Å². The van der Waals surface area contributed by atoms with E-state index in [0.717, 1.165) is 5.56 Å². The highest BCUT2D eigenvalue weighted by atomic mass is 16.5. The number of nitrogens with one attached hydrogen (secondary N) is 1. The Morgan fingerprint density at radius 2 is 1.95 bits per heavy atom. The Kier molecular flexibility index (Phi) is 4.52. The Balaban J connectivity index is 2.64. The number of aryl methyl sites for hydroxylation is 1. The van der Waals surface area contributed by atoms with Gasteiger partial charge in [-0.2, -0.15) is 5.26 Å². The Hall–Kier alpha value is -2.74. The highest BCUT2D eigenvalue weighted by molar-refractivity contribution is 5.72. The van der Waals surface area contributed by atoms with Crippen molar-refractivity contribution < 1.29 is 9.47 Å². The summed E-state index contributed by atoms with van der Waals surface area (Å²) in [6, 6.07) is 9.10. The predicted molar refractivity (Wildman–Crippen MR) is 84.3 cm³/mol. The van der Waals surface area contributed by atoms with E-state index in [9.17, 15) is 10.1 Å². The molecule has 2 aromatic rings. The first kappa shape index (κ1) is 15.6. The van der Waals surface area contributed by atoms with Crippen LogP contribution in [-0.4, -0.2) is 18.2 Å². The number of hydrogen-bond donors (Lipinski definition) is 1. The molecule has 0 unspecified atom stereocenters. The van der Waals surface area contributed by atoms with E-state index in [1.165, 1.54) is 0 Å². The van der Waals surface area contributed by atoms with E-state index in [2.05, 4.69) is 4.98 Å². The minimum absolute atomic E-state index is 0.0134. The summed E-state index contributed by atoms with van der Waals surface area (Å²) < 4.78 is 11.0. The maximum Gasteiger partial charge on any atom is 0.266 e. The normalized spacial score (nSPS) is 10.4. The molecule has 114 valence electrons. The van der Waals surface area contributed by atoms with Gasteiger partial charge in [0.2, 0.25) is 0 Å². The number of aromatic nitrogens is 1. The van der Waals surface area contributed by atoms with Crippen molar-refractivity contribution in [3.63, 3.8) is 0 Å². The smallest absolute Gasteiger partial charge is 0.266 e. The average Bonchev–Trinajstić information content (AvgIpc) is 2.45. The lowest BCUT2D eigenvalue weighted by molar-refractivity contribution is 0.230. The maximum atomic E-state index is 11.9. The number of methoxy groups -OCH3 is 1. The van der Waals surface area contributed by atoms with Crippen molar-refractivity contribution in [1.82, 2.24) is 4.98 Å². The van der Waals surface area contributed by atoms with Gasteiger partial charge in [0.1, 0.15) is 11.6 Å². The van der Waals surface area contributed by atoms with Gasteiger partial charge in [-0.05, 0) is 44.5 Å². The van der Waals surface area contributed by atoms with E-state index in [4.69, 9.17) is 9.47 Å². The summed E-state index contributed by atoms with van der Waals surface area (Å²) >= 11 is 0. The third-order valence-corrected chi connectivity index (χ3v) is 3.12. The van der Waals surface area contributed by atoms with Crippen molar-refractivity contribution in [1.29, 1.82) is 5.26 Å². The van der Waals surface area contributed by atoms with E-state index in [1.807, 2.05) is 19.9 Å². The molecule has 0 aliphatic rings. The van der Waals surface area contributed by atoms with Gasteiger partial charge in [-0.25, -0.2) is 0 Å². The van der Waals surface area contributed by atoms with Gasteiger partial charge in [-0.1, -0.05) is 6.07 Å². The SMILES string of the molecule is COc1ccc(-c2cc(C)[nH]c(=O)c2C#N)cc1OC(C)C. The van der Waals surface area contributed by atoms with Gasteiger partial charge in [0.05, 0.1) is 13.2 Å². The van der Waals surface area contributed by atoms with Crippen LogP contribution in [-0.2, 0) is 0 Å². The lowest BCUT2D eigenvalue weighted by atomic mass is 10.0. The van der Waals surface area contributed by atoms with Gasteiger partial charge >= 0.3 is 0 Å². The molecule has 1 aromatic carbocycles. The quantitative estimate of drug-likeness (QED) is 0.941. The van der Waals surface area contributed by atoms with E-state index >= 15 is 0 Å². The first-order valence-electron chi connectivity index (χ1n) is 6.95. The monoisotopic (exact) mass is 298 g/mol. The van der Waals surface area contributed by atoms with Gasteiger partial charge in [0.25, 0.3) is 5.56 Å². The molecule has 1 heterocycles. The van der Waals surface area contributed by atoms with Gasteiger partial charge in [0.15, 0.2) is 11.5 Å². The summed E-state index contributed by atoms with van der Waals surface area (Å²) in [5, 5.41) is 9.24. The second-order valence-electron chi connectivity index (χ2n) is 5.21. The average molecular weight is 298 g/mol. The van der Waals surface area contributed by atoms with Crippen molar-refractivity contribution in [3.05, 3.63) is 45.9 Å². The number of nitriles is 1. The fourth-order valence-corrected chi connectivity index (χ4v) is 2.22. The number of pyridine rings is 1. The van der Waals surface area contributed by atoms with Crippen molar-refractivity contribution in [2.45, 2.75) is 26.9 Å². The van der Waals surface area contributed by atoms with Crippen LogP contribution >= 0.6 is 0 Å². The van der Waals surface area contributed by atoms with Crippen LogP contribution in [0.5, 0.6) is 11.5 Å². The zero-order valence-electron chi connectivity index (χ0n) is 13.1. The molecule has 0 saturated carbocycles. The molecule has 0 amide bonds. The van der Waals surface area contributed by atoms with Crippen molar-refractivity contribution in [3.8, 4) is 28.7 Å². The zero-order valence-corrected chi connectivity index (χ0v) is 13.1. The Morgan fingerprint density at radius 3 is 2.55 bits per heavy atom. The molecule has 0 bridgehead atoms. The van der Waals surface area contributed by atoms with Crippen molar-refractivity contribution in [2.75, 3.05) is 7.11 Å². The fourth-order valence-electron chi connectivity index (χ4n) is 2.22. The molecule has 2 rings (SSSR count). The molecule has 1 aromatic heterocycles. The number of benzene rings is 1. The first-order chi connectivity index (χ1) is 10.5. The molecular weight excluding hydrogens is 280 g/mol. The minimum atomic E-state index is -0.389. The van der Waals surface area contributed by atoms with Gasteiger partial charge in [-0.3, -0.25) is 4.79 Å². The summed E-state index contributed by atoms with van der Waals surface area (Å²) in [6.07, 6.45) is -0.0134. The molecule has 0 spiro atoms. The summed E-state index contributed by atoms with van der Waals surface area (Å²) in [4.78, 5) is 14.6. The second kappa shape index (κ2) is 6.35. The number of nitrogens with zero attached hydrogens (tertiary/aromatic N) is 1. The Morgan fingerprint density at radius 1 is 1.23 bits per heavy atom. The standard InChI is InChI=1S/C17H18N2O3/c1-10(2)22-16-8-12(5-6-15(16)21-4)13-7-11(3)19-17(20)14(13)9-18/h5-8,10H,1-4H3,(H,19,20). The van der Waals surface area contributed by atoms with Crippen LogP contribution in [0.3, 0.4) is 0 Å². The highest BCUT2D eigenvalue weighted by Gasteiger charge is 2.14. The van der Waals surface area contributed by atoms with Gasteiger partial charge < -0.3 is 14.5 Å². The van der Waals surface area contributed by atoms with Crippen LogP contribution in [0.15, 0.2) is 29.1 Å². The first-order valence-corrected chi connectivity index (χ1v) is 6.95. The number of H-pyrrole nitrogens is 1. The molecule has 0 aliphatic carbocycles. The molecule has 1 N–H and O–H groups in total. The summed E-state index contributed by atoms with van der Waals surface area (Å²) in [7, 11) is 1.57. The van der Waals surface area contributed by atoms with E-state index < -0.39 is 0 Å². The van der Waals surface area contributed by atoms with Gasteiger partial charge in [-0.15, -0.1) is 0 Å².